The van der Waals surface area contributed by atoms with Crippen molar-refractivity contribution in [1.29, 1.82) is 0 Å². The second-order valence-electron chi connectivity index (χ2n) is 6.41. The summed E-state index contributed by atoms with van der Waals surface area (Å²) in [5, 5.41) is 2.99. The average molecular weight is 288 g/mol. The highest BCUT2D eigenvalue weighted by Crippen LogP contribution is 2.20. The minimum Gasteiger partial charge on any atom is -0.372 e. The fourth-order valence-corrected chi connectivity index (χ4v) is 2.81. The topological polar surface area (TPSA) is 32.3 Å². The number of benzene rings is 1. The SMILES string of the molecule is CC(C)CC(=O)NCCc1ccc(N2CCCCC2)cc1. The second-order valence-corrected chi connectivity index (χ2v) is 6.41. The Labute approximate surface area is 128 Å². The maximum Gasteiger partial charge on any atom is 0.220 e. The molecule has 0 unspecified atom stereocenters. The number of nitrogens with zero attached hydrogens (tertiary/aromatic N) is 1. The van der Waals surface area contributed by atoms with Crippen LogP contribution in [0.25, 0.3) is 0 Å². The highest BCUT2D eigenvalue weighted by Gasteiger charge is 2.10. The Hall–Kier alpha value is -1.51. The van der Waals surface area contributed by atoms with Crippen LogP contribution in [-0.4, -0.2) is 25.5 Å². The van der Waals surface area contributed by atoms with Crippen molar-refractivity contribution in [1.82, 2.24) is 5.32 Å². The third kappa shape index (κ3) is 5.41. The van der Waals surface area contributed by atoms with Crippen molar-refractivity contribution in [2.45, 2.75) is 46.0 Å². The summed E-state index contributed by atoms with van der Waals surface area (Å²) in [6.07, 6.45) is 5.51. The Bertz CT molecular complexity index is 433. The summed E-state index contributed by atoms with van der Waals surface area (Å²) in [7, 11) is 0. The van der Waals surface area contributed by atoms with Crippen molar-refractivity contribution in [2.75, 3.05) is 24.5 Å². The molecule has 116 valence electrons. The highest BCUT2D eigenvalue weighted by molar-refractivity contribution is 5.76. The van der Waals surface area contributed by atoms with E-state index in [1.165, 1.54) is 43.6 Å². The van der Waals surface area contributed by atoms with Gasteiger partial charge in [0.1, 0.15) is 0 Å². The number of anilines is 1. The molecule has 0 bridgehead atoms. The first-order valence-electron chi connectivity index (χ1n) is 8.26. The van der Waals surface area contributed by atoms with Crippen molar-refractivity contribution in [2.24, 2.45) is 5.92 Å². The molecule has 1 aromatic carbocycles. The molecule has 2 rings (SSSR count). The third-order valence-corrected chi connectivity index (χ3v) is 3.99. The lowest BCUT2D eigenvalue weighted by Gasteiger charge is -2.28. The molecule has 0 aromatic heterocycles. The van der Waals surface area contributed by atoms with Gasteiger partial charge in [0.25, 0.3) is 0 Å². The van der Waals surface area contributed by atoms with Gasteiger partial charge in [0, 0.05) is 31.7 Å². The first kappa shape index (κ1) is 15.9. The molecule has 0 atom stereocenters. The van der Waals surface area contributed by atoms with Crippen molar-refractivity contribution < 1.29 is 4.79 Å². The Balaban J connectivity index is 1.75. The minimum absolute atomic E-state index is 0.162. The maximum atomic E-state index is 11.6. The van der Waals surface area contributed by atoms with Crippen molar-refractivity contribution in [3.05, 3.63) is 29.8 Å². The second kappa shape index (κ2) is 8.06. The molecule has 1 saturated heterocycles. The highest BCUT2D eigenvalue weighted by atomic mass is 16.1. The van der Waals surface area contributed by atoms with Crippen LogP contribution in [0.2, 0.25) is 0 Å². The Morgan fingerprint density at radius 1 is 1.14 bits per heavy atom. The molecule has 1 N–H and O–H groups in total. The van der Waals surface area contributed by atoms with E-state index < -0.39 is 0 Å². The van der Waals surface area contributed by atoms with Gasteiger partial charge in [0.15, 0.2) is 0 Å². The van der Waals surface area contributed by atoms with Crippen LogP contribution in [0.15, 0.2) is 24.3 Å². The van der Waals surface area contributed by atoms with E-state index in [-0.39, 0.29) is 5.91 Å². The maximum absolute atomic E-state index is 11.6. The van der Waals surface area contributed by atoms with Gasteiger partial charge in [0.05, 0.1) is 0 Å². The lowest BCUT2D eigenvalue weighted by Crippen LogP contribution is -2.29. The summed E-state index contributed by atoms with van der Waals surface area (Å²) in [6, 6.07) is 8.82. The largest absolute Gasteiger partial charge is 0.372 e. The van der Waals surface area contributed by atoms with Gasteiger partial charge in [-0.2, -0.15) is 0 Å². The minimum atomic E-state index is 0.162. The summed E-state index contributed by atoms with van der Waals surface area (Å²) in [6.45, 7) is 7.24. The number of amides is 1. The fraction of sp³-hybridized carbons (Fsp3) is 0.611. The number of hydrogen-bond acceptors (Lipinski definition) is 2. The van der Waals surface area contributed by atoms with E-state index in [9.17, 15) is 4.79 Å². The summed E-state index contributed by atoms with van der Waals surface area (Å²) in [5.41, 5.74) is 2.63. The molecule has 1 aliphatic rings. The molecule has 1 heterocycles. The third-order valence-electron chi connectivity index (χ3n) is 3.99. The molecule has 0 saturated carbocycles. The predicted octanol–water partition coefficient (Wildman–Crippen LogP) is 3.38. The smallest absolute Gasteiger partial charge is 0.220 e. The van der Waals surface area contributed by atoms with Gasteiger partial charge >= 0.3 is 0 Å². The van der Waals surface area contributed by atoms with Crippen LogP contribution < -0.4 is 10.2 Å². The molecule has 0 radical (unpaired) electrons. The quantitative estimate of drug-likeness (QED) is 0.870. The zero-order chi connectivity index (χ0) is 15.1. The molecular formula is C18H28N2O. The number of hydrogen-bond donors (Lipinski definition) is 1. The Morgan fingerprint density at radius 2 is 1.81 bits per heavy atom. The van der Waals surface area contributed by atoms with Crippen molar-refractivity contribution in [3.8, 4) is 0 Å². The van der Waals surface area contributed by atoms with E-state index in [2.05, 4.69) is 48.3 Å². The van der Waals surface area contributed by atoms with Crippen LogP contribution >= 0.6 is 0 Å². The summed E-state index contributed by atoms with van der Waals surface area (Å²) < 4.78 is 0. The first-order chi connectivity index (χ1) is 10.1. The number of carbonyl (C=O) groups excluding carboxylic acids is 1. The zero-order valence-electron chi connectivity index (χ0n) is 13.4. The van der Waals surface area contributed by atoms with E-state index in [0.717, 1.165) is 13.0 Å². The van der Waals surface area contributed by atoms with E-state index >= 15 is 0 Å². The molecule has 1 aromatic rings. The van der Waals surface area contributed by atoms with Crippen LogP contribution in [0, 0.1) is 5.92 Å². The molecule has 1 fully saturated rings. The van der Waals surface area contributed by atoms with Gasteiger partial charge in [-0.05, 0) is 49.3 Å². The molecule has 1 amide bonds. The Morgan fingerprint density at radius 3 is 2.43 bits per heavy atom. The van der Waals surface area contributed by atoms with Crippen LogP contribution in [0.3, 0.4) is 0 Å². The molecular weight excluding hydrogens is 260 g/mol. The van der Waals surface area contributed by atoms with Gasteiger partial charge in [-0.3, -0.25) is 4.79 Å². The van der Waals surface area contributed by atoms with Gasteiger partial charge in [-0.25, -0.2) is 0 Å². The van der Waals surface area contributed by atoms with Gasteiger partial charge in [-0.1, -0.05) is 26.0 Å². The van der Waals surface area contributed by atoms with Gasteiger partial charge < -0.3 is 10.2 Å². The molecule has 0 spiro atoms. The summed E-state index contributed by atoms with van der Waals surface area (Å²) in [4.78, 5) is 14.1. The number of nitrogens with one attached hydrogen (secondary N) is 1. The monoisotopic (exact) mass is 288 g/mol. The normalized spacial score (nSPS) is 15.3. The zero-order valence-corrected chi connectivity index (χ0v) is 13.4. The van der Waals surface area contributed by atoms with Gasteiger partial charge in [-0.15, -0.1) is 0 Å². The average Bonchev–Trinajstić information content (AvgIpc) is 2.48. The summed E-state index contributed by atoms with van der Waals surface area (Å²) >= 11 is 0. The molecule has 0 aliphatic carbocycles. The predicted molar refractivity (Wildman–Crippen MR) is 88.7 cm³/mol. The van der Waals surface area contributed by atoms with Crippen molar-refractivity contribution in [3.63, 3.8) is 0 Å². The van der Waals surface area contributed by atoms with Gasteiger partial charge in [0.2, 0.25) is 5.91 Å². The summed E-state index contributed by atoms with van der Waals surface area (Å²) in [5.74, 6) is 0.587. The Kier molecular flexibility index (Phi) is 6.09. The van der Waals surface area contributed by atoms with Crippen LogP contribution in [0.4, 0.5) is 5.69 Å². The standard InChI is InChI=1S/C18H28N2O/c1-15(2)14-18(21)19-11-10-16-6-8-17(9-7-16)20-12-4-3-5-13-20/h6-9,15H,3-5,10-14H2,1-2H3,(H,19,21). The van der Waals surface area contributed by atoms with Crippen LogP contribution in [0.5, 0.6) is 0 Å². The first-order valence-corrected chi connectivity index (χ1v) is 8.26. The van der Waals surface area contributed by atoms with Crippen LogP contribution in [-0.2, 0) is 11.2 Å². The van der Waals surface area contributed by atoms with Crippen molar-refractivity contribution >= 4 is 11.6 Å². The van der Waals surface area contributed by atoms with E-state index in [1.54, 1.807) is 0 Å². The number of carbonyl (C=O) groups is 1. The van der Waals surface area contributed by atoms with E-state index in [4.69, 9.17) is 0 Å². The van der Waals surface area contributed by atoms with E-state index in [0.29, 0.717) is 12.3 Å². The lowest BCUT2D eigenvalue weighted by atomic mass is 10.1. The van der Waals surface area contributed by atoms with Crippen LogP contribution in [0.1, 0.15) is 45.1 Å². The molecule has 3 nitrogen and oxygen atoms in total. The molecule has 3 heteroatoms. The molecule has 21 heavy (non-hydrogen) atoms. The lowest BCUT2D eigenvalue weighted by molar-refractivity contribution is -0.121. The van der Waals surface area contributed by atoms with E-state index in [1.807, 2.05) is 0 Å². The fourth-order valence-electron chi connectivity index (χ4n) is 2.81. The number of rotatable bonds is 6. The molecule has 1 aliphatic heterocycles. The number of piperidine rings is 1.